The van der Waals surface area contributed by atoms with Crippen LogP contribution in [0.1, 0.15) is 49.9 Å². The van der Waals surface area contributed by atoms with Crippen LogP contribution >= 0.6 is 0 Å². The van der Waals surface area contributed by atoms with E-state index in [-0.39, 0.29) is 5.91 Å². The number of benzene rings is 1. The first-order valence-electron chi connectivity index (χ1n) is 7.95. The maximum atomic E-state index is 12.4. The van der Waals surface area contributed by atoms with E-state index in [0.29, 0.717) is 18.7 Å². The van der Waals surface area contributed by atoms with Crippen LogP contribution in [0.4, 0.5) is 0 Å². The Morgan fingerprint density at radius 3 is 2.33 bits per heavy atom. The molecule has 0 aromatic heterocycles. The number of unbranched alkanes of at least 4 members (excludes halogenated alkanes) is 2. The van der Waals surface area contributed by atoms with Crippen molar-refractivity contribution >= 4 is 5.91 Å². The second-order valence-corrected chi connectivity index (χ2v) is 5.16. The summed E-state index contributed by atoms with van der Waals surface area (Å²) in [6.07, 6.45) is 4.23. The molecule has 21 heavy (non-hydrogen) atoms. The second kappa shape index (κ2) is 10.2. The number of carbonyl (C=O) groups excluding carboxylic acids is 1. The highest BCUT2D eigenvalue weighted by atomic mass is 16.5. The van der Waals surface area contributed by atoms with Crippen LogP contribution in [0.25, 0.3) is 0 Å². The minimum atomic E-state index is 0.0500. The van der Waals surface area contributed by atoms with Gasteiger partial charge >= 0.3 is 0 Å². The van der Waals surface area contributed by atoms with Gasteiger partial charge in [-0.1, -0.05) is 26.7 Å². The normalized spacial score (nSPS) is 10.4. The fourth-order valence-corrected chi connectivity index (χ4v) is 2.03. The van der Waals surface area contributed by atoms with Crippen LogP contribution in [0.5, 0.6) is 5.75 Å². The number of hydrogen-bond acceptors (Lipinski definition) is 3. The number of ether oxygens (including phenoxy) is 1. The molecular weight excluding hydrogens is 264 g/mol. The van der Waals surface area contributed by atoms with E-state index in [0.717, 1.165) is 44.6 Å². The summed E-state index contributed by atoms with van der Waals surface area (Å²) in [7, 11) is 0. The van der Waals surface area contributed by atoms with E-state index in [1.165, 1.54) is 0 Å². The van der Waals surface area contributed by atoms with E-state index < -0.39 is 0 Å². The summed E-state index contributed by atoms with van der Waals surface area (Å²) in [6.45, 7) is 6.84. The standard InChI is InChI=1S/C17H28N2O2/c1-3-5-12-19(13-11-18)17(20)15-7-9-16(10-8-15)21-14-6-4-2/h7-10H,3-6,11-14,18H2,1-2H3. The Balaban J connectivity index is 2.62. The molecule has 0 aliphatic heterocycles. The third-order valence-corrected chi connectivity index (χ3v) is 3.34. The zero-order valence-electron chi connectivity index (χ0n) is 13.3. The van der Waals surface area contributed by atoms with Crippen LogP contribution in [-0.4, -0.2) is 37.0 Å². The van der Waals surface area contributed by atoms with Crippen molar-refractivity contribution in [2.75, 3.05) is 26.2 Å². The van der Waals surface area contributed by atoms with Crippen molar-refractivity contribution < 1.29 is 9.53 Å². The minimum absolute atomic E-state index is 0.0500. The maximum Gasteiger partial charge on any atom is 0.253 e. The van der Waals surface area contributed by atoms with E-state index in [2.05, 4.69) is 13.8 Å². The molecule has 0 aliphatic carbocycles. The fourth-order valence-electron chi connectivity index (χ4n) is 2.03. The summed E-state index contributed by atoms with van der Waals surface area (Å²) in [5.41, 5.74) is 6.29. The summed E-state index contributed by atoms with van der Waals surface area (Å²) in [4.78, 5) is 14.3. The fraction of sp³-hybridized carbons (Fsp3) is 0.588. The molecular formula is C17H28N2O2. The number of hydrogen-bond donors (Lipinski definition) is 1. The Morgan fingerprint density at radius 1 is 1.10 bits per heavy atom. The largest absolute Gasteiger partial charge is 0.494 e. The zero-order chi connectivity index (χ0) is 15.5. The Kier molecular flexibility index (Phi) is 8.51. The molecule has 0 bridgehead atoms. The van der Waals surface area contributed by atoms with Crippen LogP contribution in [0.2, 0.25) is 0 Å². The molecule has 0 atom stereocenters. The van der Waals surface area contributed by atoms with Crippen LogP contribution in [0.15, 0.2) is 24.3 Å². The van der Waals surface area contributed by atoms with E-state index in [4.69, 9.17) is 10.5 Å². The number of nitrogens with two attached hydrogens (primary N) is 1. The summed E-state index contributed by atoms with van der Waals surface area (Å²) in [5.74, 6) is 0.868. The molecule has 4 heteroatoms. The van der Waals surface area contributed by atoms with Crippen LogP contribution in [-0.2, 0) is 0 Å². The summed E-state index contributed by atoms with van der Waals surface area (Å²) in [5, 5.41) is 0. The highest BCUT2D eigenvalue weighted by Crippen LogP contribution is 2.14. The van der Waals surface area contributed by atoms with E-state index in [1.54, 1.807) is 0 Å². The van der Waals surface area contributed by atoms with E-state index in [1.807, 2.05) is 29.2 Å². The van der Waals surface area contributed by atoms with Gasteiger partial charge in [0.05, 0.1) is 6.61 Å². The maximum absolute atomic E-state index is 12.4. The van der Waals surface area contributed by atoms with Gasteiger partial charge in [-0.15, -0.1) is 0 Å². The van der Waals surface area contributed by atoms with Crippen molar-refractivity contribution in [3.8, 4) is 5.75 Å². The number of amides is 1. The first-order valence-corrected chi connectivity index (χ1v) is 7.95. The quantitative estimate of drug-likeness (QED) is 0.674. The highest BCUT2D eigenvalue weighted by molar-refractivity contribution is 5.94. The summed E-state index contributed by atoms with van der Waals surface area (Å²) < 4.78 is 5.61. The van der Waals surface area contributed by atoms with Crippen LogP contribution in [0.3, 0.4) is 0 Å². The number of nitrogens with zero attached hydrogens (tertiary/aromatic N) is 1. The lowest BCUT2D eigenvalue weighted by molar-refractivity contribution is 0.0758. The Bertz CT molecular complexity index is 404. The zero-order valence-corrected chi connectivity index (χ0v) is 13.3. The highest BCUT2D eigenvalue weighted by Gasteiger charge is 2.14. The van der Waals surface area contributed by atoms with Gasteiger partial charge in [-0.25, -0.2) is 0 Å². The van der Waals surface area contributed by atoms with Gasteiger partial charge in [0.15, 0.2) is 0 Å². The van der Waals surface area contributed by atoms with Crippen molar-refractivity contribution in [3.05, 3.63) is 29.8 Å². The number of carbonyl (C=O) groups is 1. The molecule has 0 fully saturated rings. The smallest absolute Gasteiger partial charge is 0.253 e. The third-order valence-electron chi connectivity index (χ3n) is 3.34. The molecule has 4 nitrogen and oxygen atoms in total. The first-order chi connectivity index (χ1) is 10.2. The first kappa shape index (κ1) is 17.5. The monoisotopic (exact) mass is 292 g/mol. The molecule has 0 heterocycles. The Labute approximate surface area is 128 Å². The van der Waals surface area contributed by atoms with Crippen LogP contribution in [0, 0.1) is 0 Å². The molecule has 1 rings (SSSR count). The Morgan fingerprint density at radius 2 is 1.76 bits per heavy atom. The van der Waals surface area contributed by atoms with Crippen molar-refractivity contribution in [2.24, 2.45) is 5.73 Å². The molecule has 0 saturated carbocycles. The van der Waals surface area contributed by atoms with Crippen LogP contribution < -0.4 is 10.5 Å². The molecule has 1 aromatic rings. The lowest BCUT2D eigenvalue weighted by Crippen LogP contribution is -2.36. The topological polar surface area (TPSA) is 55.6 Å². The summed E-state index contributed by atoms with van der Waals surface area (Å²) in [6, 6.07) is 7.39. The average Bonchev–Trinajstić information content (AvgIpc) is 2.52. The molecule has 0 radical (unpaired) electrons. The van der Waals surface area contributed by atoms with E-state index >= 15 is 0 Å². The number of rotatable bonds is 10. The lowest BCUT2D eigenvalue weighted by Gasteiger charge is -2.22. The molecule has 0 unspecified atom stereocenters. The molecule has 0 aliphatic rings. The predicted octanol–water partition coefficient (Wildman–Crippen LogP) is 3.07. The van der Waals surface area contributed by atoms with Gasteiger partial charge in [-0.05, 0) is 37.1 Å². The molecule has 0 saturated heterocycles. The SMILES string of the molecule is CCCCOc1ccc(C(=O)N(CCN)CCCC)cc1. The molecule has 1 amide bonds. The Hall–Kier alpha value is -1.55. The van der Waals surface area contributed by atoms with Gasteiger partial charge < -0.3 is 15.4 Å². The lowest BCUT2D eigenvalue weighted by atomic mass is 10.1. The minimum Gasteiger partial charge on any atom is -0.494 e. The van der Waals surface area contributed by atoms with Crippen molar-refractivity contribution in [2.45, 2.75) is 39.5 Å². The molecule has 0 spiro atoms. The van der Waals surface area contributed by atoms with Gasteiger partial charge in [0.25, 0.3) is 5.91 Å². The van der Waals surface area contributed by atoms with Crippen molar-refractivity contribution in [1.82, 2.24) is 4.90 Å². The molecule has 1 aromatic carbocycles. The summed E-state index contributed by atoms with van der Waals surface area (Å²) >= 11 is 0. The van der Waals surface area contributed by atoms with Gasteiger partial charge in [-0.3, -0.25) is 4.79 Å². The van der Waals surface area contributed by atoms with Crippen molar-refractivity contribution in [1.29, 1.82) is 0 Å². The van der Waals surface area contributed by atoms with Crippen molar-refractivity contribution in [3.63, 3.8) is 0 Å². The average molecular weight is 292 g/mol. The second-order valence-electron chi connectivity index (χ2n) is 5.16. The third kappa shape index (κ3) is 6.17. The van der Waals surface area contributed by atoms with Gasteiger partial charge in [-0.2, -0.15) is 0 Å². The molecule has 2 N–H and O–H groups in total. The van der Waals surface area contributed by atoms with E-state index in [9.17, 15) is 4.79 Å². The van der Waals surface area contributed by atoms with Gasteiger partial charge in [0.2, 0.25) is 0 Å². The van der Waals surface area contributed by atoms with Gasteiger partial charge in [0, 0.05) is 25.2 Å². The van der Waals surface area contributed by atoms with Gasteiger partial charge in [0.1, 0.15) is 5.75 Å². The predicted molar refractivity (Wildman–Crippen MR) is 86.7 cm³/mol. The molecule has 118 valence electrons.